The van der Waals surface area contributed by atoms with Gasteiger partial charge in [-0.05, 0) is 39.9 Å². The number of hydrogen-bond acceptors (Lipinski definition) is 6. The molecule has 144 valence electrons. The molecule has 0 saturated heterocycles. The molecule has 1 atom stereocenters. The van der Waals surface area contributed by atoms with E-state index in [0.717, 1.165) is 30.8 Å². The molecular formula is C19H16Br2N4O2S. The second-order valence-electron chi connectivity index (χ2n) is 6.02. The Labute approximate surface area is 183 Å². The maximum absolute atomic E-state index is 13.0. The van der Waals surface area contributed by atoms with Gasteiger partial charge in [0.05, 0.1) is 16.9 Å². The first-order valence-corrected chi connectivity index (χ1v) is 11.1. The number of fused-ring (bicyclic) bond motifs is 2. The van der Waals surface area contributed by atoms with E-state index in [0.29, 0.717) is 16.6 Å². The van der Waals surface area contributed by atoms with Gasteiger partial charge in [0.1, 0.15) is 11.4 Å². The number of carbonyl (C=O) groups excluding carboxylic acids is 1. The largest absolute Gasteiger partial charge is 0.495 e. The number of hydrazone groups is 1. The maximum atomic E-state index is 13.0. The topological polar surface area (TPSA) is 66.3 Å². The summed E-state index contributed by atoms with van der Waals surface area (Å²) in [5.74, 6) is 1.26. The van der Waals surface area contributed by atoms with Crippen molar-refractivity contribution in [3.05, 3.63) is 61.5 Å². The Balaban J connectivity index is 2.00. The number of para-hydroxylation sites is 1. The lowest BCUT2D eigenvalue weighted by Crippen LogP contribution is -2.50. The highest BCUT2D eigenvalue weighted by molar-refractivity contribution is 9.11. The lowest BCUT2D eigenvalue weighted by Gasteiger charge is -2.34. The molecule has 2 aliphatic rings. The van der Waals surface area contributed by atoms with Crippen LogP contribution in [0.3, 0.4) is 0 Å². The summed E-state index contributed by atoms with van der Waals surface area (Å²) in [5, 5.41) is 11.3. The predicted octanol–water partition coefficient (Wildman–Crippen LogP) is 3.12. The Morgan fingerprint density at radius 2 is 2.07 bits per heavy atom. The monoisotopic (exact) mass is 522 g/mol. The minimum Gasteiger partial charge on any atom is -0.495 e. The Morgan fingerprint density at radius 3 is 2.82 bits per heavy atom. The average Bonchev–Trinajstić information content (AvgIpc) is 2.66. The van der Waals surface area contributed by atoms with Crippen LogP contribution in [0.15, 0.2) is 55.4 Å². The number of nitrogens with zero attached hydrogens (tertiary/aromatic N) is 3. The minimum atomic E-state index is -0.535. The van der Waals surface area contributed by atoms with E-state index < -0.39 is 6.17 Å². The van der Waals surface area contributed by atoms with Crippen LogP contribution in [-0.4, -0.2) is 28.9 Å². The van der Waals surface area contributed by atoms with Crippen molar-refractivity contribution in [3.63, 3.8) is 0 Å². The molecule has 2 aliphatic heterocycles. The number of halogens is 2. The van der Waals surface area contributed by atoms with Crippen LogP contribution in [0.25, 0.3) is 5.70 Å². The van der Waals surface area contributed by atoms with Crippen LogP contribution in [0.5, 0.6) is 5.75 Å². The summed E-state index contributed by atoms with van der Waals surface area (Å²) in [7, 11) is 1.61. The van der Waals surface area contributed by atoms with E-state index in [2.05, 4.69) is 37.2 Å². The molecule has 0 aromatic heterocycles. The molecule has 2 aromatic rings. The van der Waals surface area contributed by atoms with Crippen molar-refractivity contribution in [2.75, 3.05) is 12.9 Å². The van der Waals surface area contributed by atoms with E-state index in [4.69, 9.17) is 14.8 Å². The zero-order valence-electron chi connectivity index (χ0n) is 15.1. The third-order valence-electron chi connectivity index (χ3n) is 4.32. The number of benzene rings is 2. The molecule has 0 spiro atoms. The van der Waals surface area contributed by atoms with Crippen LogP contribution in [0.4, 0.5) is 0 Å². The Hall–Kier alpha value is -1.84. The molecule has 1 amide bonds. The fraction of sp³-hybridized carbons (Fsp3) is 0.211. The van der Waals surface area contributed by atoms with Gasteiger partial charge in [-0.25, -0.2) is 5.01 Å². The Kier molecular flexibility index (Phi) is 5.48. The molecule has 1 unspecified atom stereocenters. The SMILES string of the molecule is CCSC1=NN2C(=c3ccccc3=NC2c2cc(Br)cc(Br)c2OC)C(=O)N1. The zero-order valence-corrected chi connectivity index (χ0v) is 19.1. The van der Waals surface area contributed by atoms with Crippen molar-refractivity contribution in [3.8, 4) is 5.75 Å². The highest BCUT2D eigenvalue weighted by atomic mass is 79.9. The van der Waals surface area contributed by atoms with E-state index in [-0.39, 0.29) is 5.91 Å². The van der Waals surface area contributed by atoms with Gasteiger partial charge >= 0.3 is 0 Å². The lowest BCUT2D eigenvalue weighted by atomic mass is 10.1. The first-order valence-electron chi connectivity index (χ1n) is 8.55. The first-order chi connectivity index (χ1) is 13.5. The van der Waals surface area contributed by atoms with E-state index in [1.54, 1.807) is 12.1 Å². The third kappa shape index (κ3) is 3.35. The van der Waals surface area contributed by atoms with Crippen molar-refractivity contribution in [1.29, 1.82) is 0 Å². The van der Waals surface area contributed by atoms with E-state index in [1.165, 1.54) is 11.8 Å². The van der Waals surface area contributed by atoms with Crippen LogP contribution in [-0.2, 0) is 4.79 Å². The van der Waals surface area contributed by atoms with Crippen molar-refractivity contribution in [2.24, 2.45) is 10.1 Å². The maximum Gasteiger partial charge on any atom is 0.276 e. The highest BCUT2D eigenvalue weighted by Crippen LogP contribution is 2.41. The standard InChI is InChI=1S/C19H16Br2N4O2S/c1-3-28-19-23-18(26)15-11-6-4-5-7-14(11)22-17(25(15)24-19)12-8-10(20)9-13(21)16(12)27-2/h4-9,17H,3H2,1-2H3,(H,23,24,26). The summed E-state index contributed by atoms with van der Waals surface area (Å²) < 4.78 is 7.30. The van der Waals surface area contributed by atoms with Gasteiger partial charge in [0.15, 0.2) is 11.3 Å². The summed E-state index contributed by atoms with van der Waals surface area (Å²) in [4.78, 5) is 17.9. The molecule has 6 nitrogen and oxygen atoms in total. The van der Waals surface area contributed by atoms with Crippen LogP contribution < -0.4 is 20.6 Å². The quantitative estimate of drug-likeness (QED) is 0.671. The minimum absolute atomic E-state index is 0.189. The molecular weight excluding hydrogens is 508 g/mol. The summed E-state index contributed by atoms with van der Waals surface area (Å²) in [6.45, 7) is 2.01. The molecule has 0 fully saturated rings. The van der Waals surface area contributed by atoms with Gasteiger partial charge in [-0.1, -0.05) is 52.8 Å². The van der Waals surface area contributed by atoms with Crippen molar-refractivity contribution in [1.82, 2.24) is 10.3 Å². The highest BCUT2D eigenvalue weighted by Gasteiger charge is 2.36. The Morgan fingerprint density at radius 1 is 1.29 bits per heavy atom. The molecule has 0 aliphatic carbocycles. The second-order valence-corrected chi connectivity index (χ2v) is 9.04. The summed E-state index contributed by atoms with van der Waals surface area (Å²) >= 11 is 8.57. The summed E-state index contributed by atoms with van der Waals surface area (Å²) in [6.07, 6.45) is -0.535. The zero-order chi connectivity index (χ0) is 19.8. The van der Waals surface area contributed by atoms with Crippen LogP contribution in [0.2, 0.25) is 0 Å². The lowest BCUT2D eigenvalue weighted by molar-refractivity contribution is -0.116. The molecule has 28 heavy (non-hydrogen) atoms. The molecule has 0 radical (unpaired) electrons. The van der Waals surface area contributed by atoms with Crippen molar-refractivity contribution in [2.45, 2.75) is 13.1 Å². The summed E-state index contributed by atoms with van der Waals surface area (Å²) in [6, 6.07) is 11.4. The van der Waals surface area contributed by atoms with Gasteiger partial charge in [-0.15, -0.1) is 5.10 Å². The predicted molar refractivity (Wildman–Crippen MR) is 117 cm³/mol. The van der Waals surface area contributed by atoms with Gasteiger partial charge in [-0.2, -0.15) is 0 Å². The third-order valence-corrected chi connectivity index (χ3v) is 6.11. The fourth-order valence-corrected chi connectivity index (χ4v) is 5.22. The molecule has 0 bridgehead atoms. The number of amidine groups is 1. The number of methoxy groups -OCH3 is 1. The molecule has 2 heterocycles. The van der Waals surface area contributed by atoms with Gasteiger partial charge in [0.2, 0.25) is 0 Å². The van der Waals surface area contributed by atoms with Crippen LogP contribution in [0, 0.1) is 0 Å². The molecule has 4 rings (SSSR count). The number of rotatable bonds is 3. The molecule has 9 heteroatoms. The number of thioether (sulfide) groups is 1. The normalized spacial score (nSPS) is 17.9. The van der Waals surface area contributed by atoms with Gasteiger partial charge < -0.3 is 4.74 Å². The van der Waals surface area contributed by atoms with E-state index in [1.807, 2.05) is 43.3 Å². The van der Waals surface area contributed by atoms with Gasteiger partial charge in [0.25, 0.3) is 5.91 Å². The number of amides is 1. The smallest absolute Gasteiger partial charge is 0.276 e. The Bertz CT molecular complexity index is 1120. The molecule has 0 saturated carbocycles. The molecule has 1 N–H and O–H groups in total. The second kappa shape index (κ2) is 7.88. The first kappa shape index (κ1) is 19.5. The number of ether oxygens (including phenoxy) is 1. The summed E-state index contributed by atoms with van der Waals surface area (Å²) in [5.41, 5.74) is 1.28. The van der Waals surface area contributed by atoms with Crippen molar-refractivity contribution < 1.29 is 9.53 Å². The molecule has 2 aromatic carbocycles. The van der Waals surface area contributed by atoms with Crippen LogP contribution >= 0.6 is 43.6 Å². The van der Waals surface area contributed by atoms with E-state index >= 15 is 0 Å². The van der Waals surface area contributed by atoms with Crippen LogP contribution in [0.1, 0.15) is 18.7 Å². The average molecular weight is 524 g/mol. The number of hydrogen-bond donors (Lipinski definition) is 1. The number of carbonyl (C=O) groups is 1. The van der Waals surface area contributed by atoms with Crippen molar-refractivity contribution >= 4 is 60.4 Å². The van der Waals surface area contributed by atoms with Gasteiger partial charge in [-0.3, -0.25) is 15.1 Å². The van der Waals surface area contributed by atoms with Gasteiger partial charge in [0, 0.05) is 15.3 Å². The fourth-order valence-electron chi connectivity index (χ4n) is 3.22. The van der Waals surface area contributed by atoms with E-state index in [9.17, 15) is 4.79 Å². The number of nitrogens with one attached hydrogen (secondary N) is 1.